The van der Waals surface area contributed by atoms with Crippen LogP contribution in [0.2, 0.25) is 0 Å². The summed E-state index contributed by atoms with van der Waals surface area (Å²) in [7, 11) is 0. The number of alkyl halides is 4. The normalized spacial score (nSPS) is 12.1. The molecule has 72 valence electrons. The van der Waals surface area contributed by atoms with E-state index in [1.165, 1.54) is 12.1 Å². The molecule has 0 unspecified atom stereocenters. The van der Waals surface area contributed by atoms with Crippen LogP contribution < -0.4 is 0 Å². The highest BCUT2D eigenvalue weighted by Gasteiger charge is 2.34. The second-order valence-corrected chi connectivity index (χ2v) is 4.95. The van der Waals surface area contributed by atoms with Crippen LogP contribution in [0.1, 0.15) is 5.56 Å². The summed E-state index contributed by atoms with van der Waals surface area (Å²) in [6.07, 6.45) is 0. The van der Waals surface area contributed by atoms with Crippen molar-refractivity contribution in [2.24, 2.45) is 0 Å². The molecule has 0 saturated carbocycles. The van der Waals surface area contributed by atoms with Crippen molar-refractivity contribution in [2.75, 3.05) is 0 Å². The second kappa shape index (κ2) is 4.14. The zero-order valence-electron chi connectivity index (χ0n) is 6.35. The molecule has 0 atom stereocenters. The van der Waals surface area contributed by atoms with Crippen molar-refractivity contribution in [3.05, 3.63) is 29.8 Å². The lowest BCUT2D eigenvalue weighted by molar-refractivity contribution is 0.475. The topological polar surface area (TPSA) is 20.2 Å². The molecule has 0 heterocycles. The molecule has 0 saturated heterocycles. The van der Waals surface area contributed by atoms with Crippen molar-refractivity contribution in [1.82, 2.24) is 0 Å². The molecule has 0 aromatic heterocycles. The number of rotatable bonds is 2. The van der Waals surface area contributed by atoms with Crippen molar-refractivity contribution in [3.8, 4) is 5.75 Å². The molecular weight excluding hydrogens is 254 g/mol. The van der Waals surface area contributed by atoms with Gasteiger partial charge in [0.2, 0.25) is 0 Å². The number of hydrogen-bond donors (Lipinski definition) is 1. The lowest BCUT2D eigenvalue weighted by Crippen LogP contribution is -2.18. The van der Waals surface area contributed by atoms with Crippen molar-refractivity contribution in [3.63, 3.8) is 0 Å². The molecule has 0 bridgehead atoms. The van der Waals surface area contributed by atoms with Crippen molar-refractivity contribution in [2.45, 2.75) is 9.17 Å². The maximum absolute atomic E-state index is 9.01. The number of hydrogen-bond acceptors (Lipinski definition) is 1. The Morgan fingerprint density at radius 2 is 1.54 bits per heavy atom. The minimum atomic E-state index is -1.35. The van der Waals surface area contributed by atoms with E-state index in [4.69, 9.17) is 51.5 Å². The summed E-state index contributed by atoms with van der Waals surface area (Å²) in [5, 5.41) is 9.01. The van der Waals surface area contributed by atoms with Gasteiger partial charge in [0.1, 0.15) is 10.6 Å². The summed E-state index contributed by atoms with van der Waals surface area (Å²) < 4.78 is -1.35. The standard InChI is InChI=1S/C8H6Cl4O/c9-7(10)8(11,12)5-1-3-6(13)4-2-5/h1-4,7,13H. The van der Waals surface area contributed by atoms with Crippen molar-refractivity contribution >= 4 is 46.4 Å². The van der Waals surface area contributed by atoms with Crippen LogP contribution in [-0.2, 0) is 4.33 Å². The third-order valence-electron chi connectivity index (χ3n) is 1.53. The Bertz CT molecular complexity index is 281. The Hall–Kier alpha value is 0.180. The molecule has 1 rings (SSSR count). The highest BCUT2D eigenvalue weighted by atomic mass is 35.5. The summed E-state index contributed by atoms with van der Waals surface area (Å²) in [4.78, 5) is -0.930. The van der Waals surface area contributed by atoms with Crippen LogP contribution in [0.25, 0.3) is 0 Å². The summed E-state index contributed by atoms with van der Waals surface area (Å²) in [6.45, 7) is 0. The van der Waals surface area contributed by atoms with Crippen LogP contribution in [0.5, 0.6) is 5.75 Å². The lowest BCUT2D eigenvalue weighted by atomic mass is 10.1. The quantitative estimate of drug-likeness (QED) is 0.801. The predicted octanol–water partition coefficient (Wildman–Crippen LogP) is 3.83. The maximum Gasteiger partial charge on any atom is 0.173 e. The third kappa shape index (κ3) is 2.57. The number of phenols is 1. The summed E-state index contributed by atoms with van der Waals surface area (Å²) in [6, 6.07) is 6.05. The van der Waals surface area contributed by atoms with Crippen molar-refractivity contribution in [1.29, 1.82) is 0 Å². The second-order valence-electron chi connectivity index (χ2n) is 2.47. The fourth-order valence-corrected chi connectivity index (χ4v) is 1.31. The van der Waals surface area contributed by atoms with E-state index in [2.05, 4.69) is 0 Å². The van der Waals surface area contributed by atoms with E-state index in [1.54, 1.807) is 12.1 Å². The van der Waals surface area contributed by atoms with Gasteiger partial charge in [-0.1, -0.05) is 35.3 Å². The van der Waals surface area contributed by atoms with E-state index in [9.17, 15) is 0 Å². The molecular formula is C8H6Cl4O. The van der Waals surface area contributed by atoms with E-state index in [0.29, 0.717) is 5.56 Å². The van der Waals surface area contributed by atoms with E-state index in [0.717, 1.165) is 0 Å². The summed E-state index contributed by atoms with van der Waals surface area (Å²) in [5.74, 6) is 0.133. The molecule has 0 radical (unpaired) electrons. The van der Waals surface area contributed by atoms with Crippen LogP contribution in [0.3, 0.4) is 0 Å². The number of halogens is 4. The highest BCUT2D eigenvalue weighted by molar-refractivity contribution is 6.59. The minimum absolute atomic E-state index is 0.133. The van der Waals surface area contributed by atoms with Gasteiger partial charge in [0, 0.05) is 0 Å². The monoisotopic (exact) mass is 258 g/mol. The van der Waals surface area contributed by atoms with Gasteiger partial charge in [0.05, 0.1) is 0 Å². The molecule has 0 aliphatic rings. The van der Waals surface area contributed by atoms with Gasteiger partial charge >= 0.3 is 0 Å². The van der Waals surface area contributed by atoms with E-state index >= 15 is 0 Å². The Morgan fingerprint density at radius 3 is 1.92 bits per heavy atom. The van der Waals surface area contributed by atoms with Gasteiger partial charge in [-0.15, -0.1) is 23.2 Å². The van der Waals surface area contributed by atoms with Gasteiger partial charge in [0.15, 0.2) is 4.33 Å². The number of aromatic hydroxyl groups is 1. The van der Waals surface area contributed by atoms with Crippen molar-refractivity contribution < 1.29 is 5.11 Å². The van der Waals surface area contributed by atoms with Gasteiger partial charge in [0.25, 0.3) is 0 Å². The Kier molecular flexibility index (Phi) is 3.58. The molecule has 0 amide bonds. The molecule has 1 N–H and O–H groups in total. The maximum atomic E-state index is 9.01. The fourth-order valence-electron chi connectivity index (χ4n) is 0.810. The van der Waals surface area contributed by atoms with Gasteiger partial charge in [-0.3, -0.25) is 0 Å². The van der Waals surface area contributed by atoms with Crippen LogP contribution in [-0.4, -0.2) is 9.94 Å². The molecule has 1 aromatic rings. The largest absolute Gasteiger partial charge is 0.508 e. The molecule has 13 heavy (non-hydrogen) atoms. The molecule has 0 spiro atoms. The first-order chi connectivity index (χ1) is 5.94. The van der Waals surface area contributed by atoms with Gasteiger partial charge < -0.3 is 5.11 Å². The fraction of sp³-hybridized carbons (Fsp3) is 0.250. The Labute approximate surface area is 96.2 Å². The number of phenolic OH excluding ortho intramolecular Hbond substituents is 1. The SMILES string of the molecule is Oc1ccc(C(Cl)(Cl)C(Cl)Cl)cc1. The zero-order valence-corrected chi connectivity index (χ0v) is 9.37. The molecule has 0 aliphatic carbocycles. The first-order valence-electron chi connectivity index (χ1n) is 3.40. The molecule has 5 heteroatoms. The van der Waals surface area contributed by atoms with Gasteiger partial charge in [-0.05, 0) is 17.7 Å². The molecule has 0 aliphatic heterocycles. The Morgan fingerprint density at radius 1 is 1.08 bits per heavy atom. The third-order valence-corrected chi connectivity index (χ3v) is 3.50. The average Bonchev–Trinajstić information content (AvgIpc) is 2.04. The van der Waals surface area contributed by atoms with Crippen LogP contribution in [0.15, 0.2) is 24.3 Å². The van der Waals surface area contributed by atoms with E-state index in [-0.39, 0.29) is 5.75 Å². The minimum Gasteiger partial charge on any atom is -0.508 e. The molecule has 1 nitrogen and oxygen atoms in total. The van der Waals surface area contributed by atoms with Gasteiger partial charge in [-0.25, -0.2) is 0 Å². The average molecular weight is 260 g/mol. The lowest BCUT2D eigenvalue weighted by Gasteiger charge is -2.20. The van der Waals surface area contributed by atoms with Crippen LogP contribution in [0, 0.1) is 0 Å². The first-order valence-corrected chi connectivity index (χ1v) is 5.03. The van der Waals surface area contributed by atoms with Crippen LogP contribution in [0.4, 0.5) is 0 Å². The zero-order chi connectivity index (χ0) is 10.1. The highest BCUT2D eigenvalue weighted by Crippen LogP contribution is 2.42. The summed E-state index contributed by atoms with van der Waals surface area (Å²) >= 11 is 22.9. The smallest absolute Gasteiger partial charge is 0.173 e. The Balaban J connectivity index is 3.01. The molecule has 1 aromatic carbocycles. The number of benzene rings is 1. The van der Waals surface area contributed by atoms with Crippen LogP contribution >= 0.6 is 46.4 Å². The first kappa shape index (κ1) is 11.3. The van der Waals surface area contributed by atoms with E-state index in [1.807, 2.05) is 0 Å². The predicted molar refractivity (Wildman–Crippen MR) is 57.0 cm³/mol. The van der Waals surface area contributed by atoms with Gasteiger partial charge in [-0.2, -0.15) is 0 Å². The molecule has 0 fully saturated rings. The van der Waals surface area contributed by atoms with E-state index < -0.39 is 9.17 Å². The summed E-state index contributed by atoms with van der Waals surface area (Å²) in [5.41, 5.74) is 0.545.